The number of nitrogens with zero attached hydrogens (tertiary/aromatic N) is 1. The third-order valence-electron chi connectivity index (χ3n) is 3.98. The van der Waals surface area contributed by atoms with E-state index in [4.69, 9.17) is 0 Å². The number of piperidine rings is 1. The molecule has 1 aliphatic heterocycles. The lowest BCUT2D eigenvalue weighted by molar-refractivity contribution is -0.136. The second-order valence-corrected chi connectivity index (χ2v) is 5.69. The van der Waals surface area contributed by atoms with Crippen molar-refractivity contribution in [3.8, 4) is 0 Å². The first-order chi connectivity index (χ1) is 11.9. The minimum atomic E-state index is -1.03. The second kappa shape index (κ2) is 8.41. The molecule has 1 fully saturated rings. The van der Waals surface area contributed by atoms with Crippen molar-refractivity contribution in [1.29, 1.82) is 0 Å². The highest BCUT2D eigenvalue weighted by Gasteiger charge is 2.24. The fraction of sp³-hybridized carbons (Fsp3) is 0.438. The van der Waals surface area contributed by atoms with Crippen molar-refractivity contribution in [3.05, 3.63) is 29.8 Å². The Kier molecular flexibility index (Phi) is 6.26. The number of benzene rings is 1. The molecule has 0 spiro atoms. The molecule has 1 aromatic carbocycles. The van der Waals surface area contributed by atoms with Gasteiger partial charge in [-0.3, -0.25) is 9.59 Å². The Morgan fingerprint density at radius 1 is 1.20 bits per heavy atom. The number of hydrogen-bond acceptors (Lipinski definition) is 4. The van der Waals surface area contributed by atoms with Gasteiger partial charge in [-0.1, -0.05) is 0 Å². The summed E-state index contributed by atoms with van der Waals surface area (Å²) in [5.74, 6) is -3.55. The molecule has 3 amide bonds. The van der Waals surface area contributed by atoms with E-state index in [2.05, 4.69) is 15.4 Å². The van der Waals surface area contributed by atoms with Crippen molar-refractivity contribution in [2.45, 2.75) is 12.8 Å². The first-order valence-electron chi connectivity index (χ1n) is 7.78. The van der Waals surface area contributed by atoms with Crippen LogP contribution in [0.3, 0.4) is 0 Å². The average Bonchev–Trinajstić information content (AvgIpc) is 2.61. The molecular formula is C16H19F2N3O4. The highest BCUT2D eigenvalue weighted by molar-refractivity contribution is 6.39. The van der Waals surface area contributed by atoms with Crippen LogP contribution in [0.15, 0.2) is 18.2 Å². The van der Waals surface area contributed by atoms with Gasteiger partial charge in [0, 0.05) is 25.7 Å². The Balaban J connectivity index is 1.77. The van der Waals surface area contributed by atoms with Crippen LogP contribution in [-0.2, 0) is 14.3 Å². The van der Waals surface area contributed by atoms with Gasteiger partial charge >= 0.3 is 17.9 Å². The fourth-order valence-corrected chi connectivity index (χ4v) is 2.54. The Morgan fingerprint density at radius 3 is 2.48 bits per heavy atom. The van der Waals surface area contributed by atoms with Crippen molar-refractivity contribution >= 4 is 23.6 Å². The first-order valence-corrected chi connectivity index (χ1v) is 7.78. The molecule has 1 aliphatic rings. The summed E-state index contributed by atoms with van der Waals surface area (Å²) < 4.78 is 30.9. The molecule has 7 nitrogen and oxygen atoms in total. The zero-order valence-corrected chi connectivity index (χ0v) is 13.7. The molecule has 0 saturated carbocycles. The van der Waals surface area contributed by atoms with E-state index in [1.807, 2.05) is 0 Å². The summed E-state index contributed by atoms with van der Waals surface area (Å²) in [4.78, 5) is 36.5. The zero-order valence-electron chi connectivity index (χ0n) is 13.7. The maximum Gasteiger partial charge on any atom is 0.409 e. The Hall–Kier alpha value is -2.71. The van der Waals surface area contributed by atoms with Crippen LogP contribution in [0.1, 0.15) is 12.8 Å². The number of hydrogen-bond donors (Lipinski definition) is 2. The van der Waals surface area contributed by atoms with Crippen LogP contribution in [0.4, 0.5) is 19.3 Å². The van der Waals surface area contributed by atoms with Gasteiger partial charge in [0.05, 0.1) is 12.8 Å². The Labute approximate surface area is 143 Å². The van der Waals surface area contributed by atoms with E-state index >= 15 is 0 Å². The van der Waals surface area contributed by atoms with Crippen molar-refractivity contribution in [2.24, 2.45) is 5.92 Å². The van der Waals surface area contributed by atoms with Gasteiger partial charge in [-0.05, 0) is 30.9 Å². The number of amides is 3. The van der Waals surface area contributed by atoms with Crippen molar-refractivity contribution in [3.63, 3.8) is 0 Å². The molecule has 0 aromatic heterocycles. The SMILES string of the molecule is COC(=O)N1CCC(CNC(=O)C(=O)Nc2ccc(F)cc2F)CC1. The smallest absolute Gasteiger partial charge is 0.409 e. The number of carbonyl (C=O) groups is 3. The first kappa shape index (κ1) is 18.6. The van der Waals surface area contributed by atoms with E-state index in [0.717, 1.165) is 12.1 Å². The predicted octanol–water partition coefficient (Wildman–Crippen LogP) is 1.50. The molecule has 2 rings (SSSR count). The maximum atomic E-state index is 13.5. The van der Waals surface area contributed by atoms with Gasteiger partial charge in [-0.25, -0.2) is 13.6 Å². The van der Waals surface area contributed by atoms with Crippen LogP contribution >= 0.6 is 0 Å². The molecule has 0 atom stereocenters. The average molecular weight is 355 g/mol. The normalized spacial score (nSPS) is 14.8. The number of rotatable bonds is 3. The monoisotopic (exact) mass is 355 g/mol. The van der Waals surface area contributed by atoms with Crippen LogP contribution in [0.2, 0.25) is 0 Å². The molecule has 0 bridgehead atoms. The Morgan fingerprint density at radius 2 is 1.88 bits per heavy atom. The number of nitrogens with one attached hydrogen (secondary N) is 2. The highest BCUT2D eigenvalue weighted by atomic mass is 19.1. The summed E-state index contributed by atoms with van der Waals surface area (Å²) in [7, 11) is 1.32. The Bertz CT molecular complexity index is 661. The van der Waals surface area contributed by atoms with Crippen LogP contribution < -0.4 is 10.6 Å². The minimum Gasteiger partial charge on any atom is -0.453 e. The lowest BCUT2D eigenvalue weighted by Crippen LogP contribution is -2.43. The van der Waals surface area contributed by atoms with Gasteiger partial charge < -0.3 is 20.3 Å². The molecule has 1 heterocycles. The minimum absolute atomic E-state index is 0.125. The fourth-order valence-electron chi connectivity index (χ4n) is 2.54. The van der Waals surface area contributed by atoms with Crippen LogP contribution in [0, 0.1) is 17.6 Å². The van der Waals surface area contributed by atoms with E-state index in [0.29, 0.717) is 32.0 Å². The number of carbonyl (C=O) groups excluding carboxylic acids is 3. The van der Waals surface area contributed by atoms with Crippen molar-refractivity contribution < 1.29 is 27.9 Å². The van der Waals surface area contributed by atoms with E-state index in [1.54, 1.807) is 4.90 Å². The standard InChI is InChI=1S/C16H19F2N3O4/c1-25-16(24)21-6-4-10(5-7-21)9-19-14(22)15(23)20-13-3-2-11(17)8-12(13)18/h2-3,8,10H,4-7,9H2,1H3,(H,19,22)(H,20,23). The summed E-state index contributed by atoms with van der Waals surface area (Å²) in [6.07, 6.45) is 0.955. The molecule has 0 radical (unpaired) electrons. The third kappa shape index (κ3) is 5.13. The lowest BCUT2D eigenvalue weighted by atomic mass is 9.97. The third-order valence-corrected chi connectivity index (χ3v) is 3.98. The topological polar surface area (TPSA) is 87.7 Å². The zero-order chi connectivity index (χ0) is 18.4. The molecule has 0 unspecified atom stereocenters. The molecule has 1 saturated heterocycles. The van der Waals surface area contributed by atoms with Gasteiger partial charge in [0.25, 0.3) is 0 Å². The molecule has 0 aliphatic carbocycles. The van der Waals surface area contributed by atoms with Gasteiger partial charge in [0.1, 0.15) is 11.6 Å². The molecule has 1 aromatic rings. The van der Waals surface area contributed by atoms with Crippen molar-refractivity contribution in [2.75, 3.05) is 32.1 Å². The van der Waals surface area contributed by atoms with E-state index in [9.17, 15) is 23.2 Å². The van der Waals surface area contributed by atoms with E-state index in [-0.39, 0.29) is 24.2 Å². The largest absolute Gasteiger partial charge is 0.453 e. The maximum absolute atomic E-state index is 13.5. The van der Waals surface area contributed by atoms with Gasteiger partial charge in [0.15, 0.2) is 0 Å². The van der Waals surface area contributed by atoms with Gasteiger partial charge in [0.2, 0.25) is 0 Å². The molecule has 2 N–H and O–H groups in total. The molecule has 25 heavy (non-hydrogen) atoms. The molecule has 9 heteroatoms. The number of halogens is 2. The van der Waals surface area contributed by atoms with Gasteiger partial charge in [-0.2, -0.15) is 0 Å². The van der Waals surface area contributed by atoms with E-state index < -0.39 is 23.4 Å². The van der Waals surface area contributed by atoms with E-state index in [1.165, 1.54) is 7.11 Å². The molecule has 136 valence electrons. The number of methoxy groups -OCH3 is 1. The number of ether oxygens (including phenoxy) is 1. The number of anilines is 1. The molecular weight excluding hydrogens is 336 g/mol. The summed E-state index contributed by atoms with van der Waals surface area (Å²) >= 11 is 0. The number of likely N-dealkylation sites (tertiary alicyclic amines) is 1. The second-order valence-electron chi connectivity index (χ2n) is 5.69. The van der Waals surface area contributed by atoms with Crippen LogP contribution in [0.25, 0.3) is 0 Å². The summed E-state index contributed by atoms with van der Waals surface area (Å²) in [6.45, 7) is 1.30. The van der Waals surface area contributed by atoms with Crippen LogP contribution in [-0.4, -0.2) is 49.6 Å². The predicted molar refractivity (Wildman–Crippen MR) is 84.7 cm³/mol. The van der Waals surface area contributed by atoms with Gasteiger partial charge in [-0.15, -0.1) is 0 Å². The highest BCUT2D eigenvalue weighted by Crippen LogP contribution is 2.17. The lowest BCUT2D eigenvalue weighted by Gasteiger charge is -2.30. The summed E-state index contributed by atoms with van der Waals surface area (Å²) in [5, 5.41) is 4.57. The summed E-state index contributed by atoms with van der Waals surface area (Å²) in [5.41, 5.74) is -0.270. The summed E-state index contributed by atoms with van der Waals surface area (Å²) in [6, 6.07) is 2.63. The van der Waals surface area contributed by atoms with Crippen molar-refractivity contribution in [1.82, 2.24) is 10.2 Å². The van der Waals surface area contributed by atoms with Crippen LogP contribution in [0.5, 0.6) is 0 Å². The quantitative estimate of drug-likeness (QED) is 0.805.